The van der Waals surface area contributed by atoms with E-state index < -0.39 is 5.23 Å². The maximum Gasteiger partial charge on any atom is 0.163 e. The van der Waals surface area contributed by atoms with E-state index in [2.05, 4.69) is 0 Å². The Kier molecular flexibility index (Phi) is 5.31. The first-order chi connectivity index (χ1) is 6.74. The Morgan fingerprint density at radius 2 is 2.00 bits per heavy atom. The molecule has 1 aromatic rings. The van der Waals surface area contributed by atoms with E-state index in [-0.39, 0.29) is 0 Å². The van der Waals surface area contributed by atoms with Crippen LogP contribution in [0.15, 0.2) is 29.2 Å². The number of nitrogens with one attached hydrogen (secondary N) is 1. The van der Waals surface area contributed by atoms with Gasteiger partial charge >= 0.3 is 0 Å². The minimum atomic E-state index is -0.892. The smallest absolute Gasteiger partial charge is 0.163 e. The van der Waals surface area contributed by atoms with Crippen LogP contribution in [0.2, 0.25) is 0 Å². The molecule has 14 heavy (non-hydrogen) atoms. The third-order valence-electron chi connectivity index (χ3n) is 1.46. The molecule has 0 saturated carbocycles. The van der Waals surface area contributed by atoms with Gasteiger partial charge in [-0.05, 0) is 12.1 Å². The lowest BCUT2D eigenvalue weighted by molar-refractivity contribution is -0.991. The summed E-state index contributed by atoms with van der Waals surface area (Å²) in [5.41, 5.74) is 5.66. The average Bonchev–Trinajstić information content (AvgIpc) is 2.19. The van der Waals surface area contributed by atoms with Crippen LogP contribution in [0.3, 0.4) is 0 Å². The molecule has 0 saturated heterocycles. The molecule has 0 aliphatic heterocycles. The largest absolute Gasteiger partial charge is 0.595 e. The fourth-order valence-electron chi connectivity index (χ4n) is 0.811. The van der Waals surface area contributed by atoms with Crippen molar-refractivity contribution in [2.45, 2.75) is 4.90 Å². The molecule has 0 bridgehead atoms. The van der Waals surface area contributed by atoms with E-state index >= 15 is 0 Å². The molecule has 0 amide bonds. The summed E-state index contributed by atoms with van der Waals surface area (Å²) in [5, 5.41) is 18.3. The Bertz CT molecular complexity index is 267. The summed E-state index contributed by atoms with van der Waals surface area (Å²) in [6.07, 6.45) is 0. The van der Waals surface area contributed by atoms with Gasteiger partial charge in [0.05, 0.1) is 0 Å². The first-order valence-electron chi connectivity index (χ1n) is 4.07. The third kappa shape index (κ3) is 3.87. The zero-order valence-electron chi connectivity index (χ0n) is 7.47. The summed E-state index contributed by atoms with van der Waals surface area (Å²) in [4.78, 5) is 1.05. The normalized spacial score (nSPS) is 12.8. The molecule has 0 radical (unpaired) electrons. The molecule has 0 aliphatic rings. The van der Waals surface area contributed by atoms with Crippen LogP contribution in [-0.2, 0) is 0 Å². The predicted octanol–water partition coefficient (Wildman–Crippen LogP) is 0.789. The fourth-order valence-corrected chi connectivity index (χ4v) is 2.65. The van der Waals surface area contributed by atoms with Gasteiger partial charge < -0.3 is 10.9 Å². The van der Waals surface area contributed by atoms with Crippen molar-refractivity contribution in [3.05, 3.63) is 29.5 Å². The summed E-state index contributed by atoms with van der Waals surface area (Å²) < 4.78 is 0. The molecule has 4 nitrogen and oxygen atoms in total. The molecule has 0 aromatic heterocycles. The maximum absolute atomic E-state index is 10.5. The highest BCUT2D eigenvalue weighted by Gasteiger charge is 1.99. The number of quaternary nitrogens is 1. The molecule has 0 heterocycles. The van der Waals surface area contributed by atoms with Crippen LogP contribution in [0.5, 0.6) is 0 Å². The lowest BCUT2D eigenvalue weighted by atomic mass is 10.3. The lowest BCUT2D eigenvalue weighted by Gasteiger charge is -2.11. The molecule has 0 fully saturated rings. The van der Waals surface area contributed by atoms with E-state index in [1.165, 1.54) is 0 Å². The van der Waals surface area contributed by atoms with E-state index in [1.807, 2.05) is 0 Å². The number of rotatable bonds is 5. The summed E-state index contributed by atoms with van der Waals surface area (Å²) in [7, 11) is 3.27. The molecule has 1 atom stereocenters. The zero-order chi connectivity index (χ0) is 10.4. The van der Waals surface area contributed by atoms with Crippen molar-refractivity contribution in [3.63, 3.8) is 0 Å². The van der Waals surface area contributed by atoms with E-state index in [4.69, 9.17) is 10.9 Å². The monoisotopic (exact) mass is 232 g/mol. The van der Waals surface area contributed by atoms with Gasteiger partial charge in [0.1, 0.15) is 0 Å². The SMILES string of the molecule is NCCSSc1ccc([NH+]([O-])O)cc1. The van der Waals surface area contributed by atoms with Crippen molar-refractivity contribution in [1.82, 2.24) is 0 Å². The van der Waals surface area contributed by atoms with Gasteiger partial charge in [0.25, 0.3) is 0 Å². The van der Waals surface area contributed by atoms with Gasteiger partial charge in [0.15, 0.2) is 5.69 Å². The first kappa shape index (κ1) is 11.8. The molecule has 1 rings (SSSR count). The van der Waals surface area contributed by atoms with Crippen molar-refractivity contribution >= 4 is 27.3 Å². The van der Waals surface area contributed by atoms with Crippen molar-refractivity contribution < 1.29 is 10.4 Å². The Morgan fingerprint density at radius 1 is 1.36 bits per heavy atom. The molecule has 1 aromatic carbocycles. The van der Waals surface area contributed by atoms with Gasteiger partial charge in [0.2, 0.25) is 0 Å². The molecule has 1 unspecified atom stereocenters. The molecule has 0 aliphatic carbocycles. The van der Waals surface area contributed by atoms with Gasteiger partial charge in [-0.15, -0.1) is 0 Å². The van der Waals surface area contributed by atoms with E-state index in [0.29, 0.717) is 12.2 Å². The molecular weight excluding hydrogens is 220 g/mol. The van der Waals surface area contributed by atoms with Gasteiger partial charge in [-0.1, -0.05) is 21.6 Å². The van der Waals surface area contributed by atoms with Gasteiger partial charge in [-0.2, -0.15) is 5.23 Å². The van der Waals surface area contributed by atoms with Gasteiger partial charge in [0, 0.05) is 29.3 Å². The summed E-state index contributed by atoms with van der Waals surface area (Å²) in [6, 6.07) is 6.82. The quantitative estimate of drug-likeness (QED) is 0.397. The van der Waals surface area contributed by atoms with Gasteiger partial charge in [-0.25, -0.2) is 5.21 Å². The molecule has 78 valence electrons. The highest BCUT2D eigenvalue weighted by atomic mass is 33.1. The van der Waals surface area contributed by atoms with Gasteiger partial charge in [-0.3, -0.25) is 0 Å². The minimum Gasteiger partial charge on any atom is -0.595 e. The second kappa shape index (κ2) is 6.28. The van der Waals surface area contributed by atoms with E-state index in [1.54, 1.807) is 45.9 Å². The number of hydrogen-bond acceptors (Lipinski definition) is 5. The average molecular weight is 232 g/mol. The maximum atomic E-state index is 10.5. The van der Waals surface area contributed by atoms with Crippen LogP contribution >= 0.6 is 21.6 Å². The van der Waals surface area contributed by atoms with Crippen molar-refractivity contribution in [2.24, 2.45) is 5.73 Å². The highest BCUT2D eigenvalue weighted by molar-refractivity contribution is 8.76. The Hall–Kier alpha value is -0.240. The van der Waals surface area contributed by atoms with Crippen molar-refractivity contribution in [1.29, 1.82) is 0 Å². The number of nitrogens with two attached hydrogens (primary N) is 1. The summed E-state index contributed by atoms with van der Waals surface area (Å²) in [6.45, 7) is 0.658. The summed E-state index contributed by atoms with van der Waals surface area (Å²) in [5.74, 6) is 0.894. The number of benzene rings is 1. The van der Waals surface area contributed by atoms with Crippen LogP contribution in [0.4, 0.5) is 5.69 Å². The number of hydrogen-bond donors (Lipinski definition) is 3. The van der Waals surface area contributed by atoms with E-state index in [9.17, 15) is 5.21 Å². The van der Waals surface area contributed by atoms with Crippen LogP contribution in [0.25, 0.3) is 0 Å². The van der Waals surface area contributed by atoms with Crippen molar-refractivity contribution in [2.75, 3.05) is 12.3 Å². The topological polar surface area (TPSA) is 73.8 Å². The van der Waals surface area contributed by atoms with Crippen LogP contribution in [0.1, 0.15) is 0 Å². The zero-order valence-corrected chi connectivity index (χ0v) is 9.11. The Morgan fingerprint density at radius 3 is 2.50 bits per heavy atom. The van der Waals surface area contributed by atoms with E-state index in [0.717, 1.165) is 10.6 Å². The van der Waals surface area contributed by atoms with Crippen molar-refractivity contribution in [3.8, 4) is 0 Å². The Balaban J connectivity index is 2.47. The molecule has 4 N–H and O–H groups in total. The standard InChI is InChI=1S/C8H12N2O2S2/c9-5-6-13-14-8-3-1-7(2-4-8)10(11)12/h1-4,10-11H,5-6,9H2. The lowest BCUT2D eigenvalue weighted by Crippen LogP contribution is -2.99. The Labute approximate surface area is 90.4 Å². The van der Waals surface area contributed by atoms with Crippen LogP contribution in [-0.4, -0.2) is 17.5 Å². The summed E-state index contributed by atoms with van der Waals surface area (Å²) >= 11 is 0. The first-order valence-corrected chi connectivity index (χ1v) is 6.39. The second-order valence-corrected chi connectivity index (χ2v) is 5.01. The third-order valence-corrected chi connectivity index (χ3v) is 3.87. The van der Waals surface area contributed by atoms with Crippen LogP contribution < -0.4 is 11.0 Å². The molecule has 6 heteroatoms. The predicted molar refractivity (Wildman–Crippen MR) is 59.6 cm³/mol. The fraction of sp³-hybridized carbons (Fsp3) is 0.250. The molecule has 0 spiro atoms. The van der Waals surface area contributed by atoms with Crippen LogP contribution in [0, 0.1) is 5.21 Å². The minimum absolute atomic E-state index is 0.318. The highest BCUT2D eigenvalue weighted by Crippen LogP contribution is 2.30. The second-order valence-electron chi connectivity index (χ2n) is 2.52. The molecular formula is C8H12N2O2S2.